The molecule has 3 aromatic carbocycles. The maximum absolute atomic E-state index is 13.3. The van der Waals surface area contributed by atoms with Crippen molar-refractivity contribution < 1.29 is 14.3 Å². The number of ether oxygens (including phenoxy) is 1. The smallest absolute Gasteiger partial charge is 0.271 e. The minimum absolute atomic E-state index is 0.0132. The van der Waals surface area contributed by atoms with Crippen LogP contribution in [-0.4, -0.2) is 16.7 Å². The van der Waals surface area contributed by atoms with Crippen LogP contribution in [0.5, 0.6) is 5.75 Å². The molecule has 4 rings (SSSR count). The molecule has 5 nitrogen and oxygen atoms in total. The van der Waals surface area contributed by atoms with Crippen LogP contribution in [0.2, 0.25) is 0 Å². The Morgan fingerprint density at radius 2 is 1.53 bits per heavy atom. The lowest BCUT2D eigenvalue weighted by Crippen LogP contribution is -2.42. The molecule has 1 heterocycles. The predicted molar refractivity (Wildman–Crippen MR) is 130 cm³/mol. The molecule has 34 heavy (non-hydrogen) atoms. The third kappa shape index (κ3) is 4.97. The highest BCUT2D eigenvalue weighted by atomic mass is 16.5. The SMILES string of the molecule is CC1=C(C#N)C(=O)N(Cc2ccc(C)cc2)C(=O)/C1=C/c1ccc(OCc2ccccc2)cc1. The van der Waals surface area contributed by atoms with Gasteiger partial charge in [-0.25, -0.2) is 0 Å². The normalized spacial score (nSPS) is 15.0. The molecule has 0 aromatic heterocycles. The Balaban J connectivity index is 1.57. The molecule has 0 bridgehead atoms. The first-order valence-electron chi connectivity index (χ1n) is 11.0. The van der Waals surface area contributed by atoms with Crippen molar-refractivity contribution in [3.05, 3.63) is 118 Å². The molecule has 2 amide bonds. The molecule has 0 fully saturated rings. The average Bonchev–Trinajstić information content (AvgIpc) is 2.86. The van der Waals surface area contributed by atoms with E-state index in [2.05, 4.69) is 0 Å². The zero-order chi connectivity index (χ0) is 24.1. The molecule has 0 aliphatic carbocycles. The fraction of sp³-hybridized carbons (Fsp3) is 0.138. The molecule has 0 radical (unpaired) electrons. The molecule has 0 spiro atoms. The van der Waals surface area contributed by atoms with Gasteiger partial charge >= 0.3 is 0 Å². The third-order valence-electron chi connectivity index (χ3n) is 5.73. The van der Waals surface area contributed by atoms with Gasteiger partial charge in [-0.15, -0.1) is 0 Å². The Labute approximate surface area is 199 Å². The summed E-state index contributed by atoms with van der Waals surface area (Å²) in [6.07, 6.45) is 1.71. The van der Waals surface area contributed by atoms with E-state index in [4.69, 9.17) is 4.74 Å². The van der Waals surface area contributed by atoms with E-state index in [9.17, 15) is 14.9 Å². The van der Waals surface area contributed by atoms with Crippen molar-refractivity contribution in [2.75, 3.05) is 0 Å². The fourth-order valence-corrected chi connectivity index (χ4v) is 3.72. The largest absolute Gasteiger partial charge is 0.489 e. The van der Waals surface area contributed by atoms with Crippen molar-refractivity contribution in [2.24, 2.45) is 0 Å². The summed E-state index contributed by atoms with van der Waals surface area (Å²) >= 11 is 0. The standard InChI is InChI=1S/C29H24N2O3/c1-20-8-10-23(11-9-20)18-31-28(32)26(21(2)27(17-30)29(31)33)16-22-12-14-25(15-13-22)34-19-24-6-4-3-5-7-24/h3-16H,18-19H2,1-2H3/b26-16+. The Bertz CT molecular complexity index is 1310. The van der Waals surface area contributed by atoms with Gasteiger partial charge in [0.2, 0.25) is 0 Å². The topological polar surface area (TPSA) is 70.4 Å². The van der Waals surface area contributed by atoms with Crippen LogP contribution in [0.4, 0.5) is 0 Å². The number of imide groups is 1. The lowest BCUT2D eigenvalue weighted by molar-refractivity contribution is -0.141. The van der Waals surface area contributed by atoms with Gasteiger partial charge in [-0.2, -0.15) is 5.26 Å². The zero-order valence-corrected chi connectivity index (χ0v) is 19.1. The van der Waals surface area contributed by atoms with Gasteiger partial charge in [-0.3, -0.25) is 14.5 Å². The van der Waals surface area contributed by atoms with Crippen LogP contribution in [0.3, 0.4) is 0 Å². The van der Waals surface area contributed by atoms with Gasteiger partial charge in [-0.1, -0.05) is 72.3 Å². The first-order chi connectivity index (χ1) is 16.5. The van der Waals surface area contributed by atoms with Gasteiger partial charge in [0.05, 0.1) is 6.54 Å². The van der Waals surface area contributed by atoms with E-state index in [1.165, 1.54) is 0 Å². The summed E-state index contributed by atoms with van der Waals surface area (Å²) in [5, 5.41) is 9.60. The summed E-state index contributed by atoms with van der Waals surface area (Å²) in [4.78, 5) is 27.3. The van der Waals surface area contributed by atoms with E-state index in [1.807, 2.05) is 91.9 Å². The maximum Gasteiger partial charge on any atom is 0.271 e. The van der Waals surface area contributed by atoms with E-state index in [-0.39, 0.29) is 12.1 Å². The quantitative estimate of drug-likeness (QED) is 0.376. The average molecular weight is 449 g/mol. The third-order valence-corrected chi connectivity index (χ3v) is 5.73. The molecule has 1 aliphatic rings. The van der Waals surface area contributed by atoms with Gasteiger partial charge in [-0.05, 0) is 54.3 Å². The Hall–Kier alpha value is -4.43. The second-order valence-corrected chi connectivity index (χ2v) is 8.20. The number of hydrogen-bond acceptors (Lipinski definition) is 4. The second kappa shape index (κ2) is 10.0. The molecular weight excluding hydrogens is 424 g/mol. The monoisotopic (exact) mass is 448 g/mol. The number of amides is 2. The molecule has 168 valence electrons. The van der Waals surface area contributed by atoms with Gasteiger partial charge in [0.25, 0.3) is 11.8 Å². The molecule has 5 heteroatoms. The van der Waals surface area contributed by atoms with E-state index >= 15 is 0 Å². The highest BCUT2D eigenvalue weighted by Crippen LogP contribution is 2.28. The number of nitriles is 1. The minimum Gasteiger partial charge on any atom is -0.489 e. The highest BCUT2D eigenvalue weighted by Gasteiger charge is 2.35. The summed E-state index contributed by atoms with van der Waals surface area (Å²) in [5.74, 6) is -0.263. The molecule has 0 saturated heterocycles. The predicted octanol–water partition coefficient (Wildman–Crippen LogP) is 5.37. The first-order valence-corrected chi connectivity index (χ1v) is 11.0. The lowest BCUT2D eigenvalue weighted by atomic mass is 9.93. The number of rotatable bonds is 6. The molecule has 3 aromatic rings. The van der Waals surface area contributed by atoms with Crippen molar-refractivity contribution in [2.45, 2.75) is 27.0 Å². The van der Waals surface area contributed by atoms with E-state index in [0.717, 1.165) is 27.2 Å². The number of carbonyl (C=O) groups is 2. The van der Waals surface area contributed by atoms with Gasteiger partial charge in [0.15, 0.2) is 0 Å². The summed E-state index contributed by atoms with van der Waals surface area (Å²) < 4.78 is 5.83. The summed E-state index contributed by atoms with van der Waals surface area (Å²) in [6, 6.07) is 26.9. The maximum atomic E-state index is 13.3. The van der Waals surface area contributed by atoms with Gasteiger partial charge in [0, 0.05) is 5.57 Å². The van der Waals surface area contributed by atoms with E-state index in [1.54, 1.807) is 13.0 Å². The second-order valence-electron chi connectivity index (χ2n) is 8.20. The summed E-state index contributed by atoms with van der Waals surface area (Å²) in [5.41, 5.74) is 4.47. The van der Waals surface area contributed by atoms with Crippen LogP contribution in [0, 0.1) is 18.3 Å². The Kier molecular flexibility index (Phi) is 6.70. The zero-order valence-electron chi connectivity index (χ0n) is 19.1. The number of benzene rings is 3. The van der Waals surface area contributed by atoms with Gasteiger partial charge in [0.1, 0.15) is 24.0 Å². The van der Waals surface area contributed by atoms with Crippen LogP contribution in [0.1, 0.15) is 29.2 Å². The van der Waals surface area contributed by atoms with Crippen LogP contribution in [0.25, 0.3) is 6.08 Å². The number of carbonyl (C=O) groups excluding carboxylic acids is 2. The van der Waals surface area contributed by atoms with Gasteiger partial charge < -0.3 is 4.74 Å². The van der Waals surface area contributed by atoms with Crippen molar-refractivity contribution in [3.63, 3.8) is 0 Å². The van der Waals surface area contributed by atoms with Crippen molar-refractivity contribution in [3.8, 4) is 11.8 Å². The molecular formula is C29H24N2O3. The molecule has 1 aliphatic heterocycles. The molecule has 0 unspecified atom stereocenters. The fourth-order valence-electron chi connectivity index (χ4n) is 3.72. The number of aryl methyl sites for hydroxylation is 1. The molecule has 0 N–H and O–H groups in total. The molecule has 0 saturated carbocycles. The number of nitrogens with zero attached hydrogens (tertiary/aromatic N) is 2. The molecule has 0 atom stereocenters. The van der Waals surface area contributed by atoms with E-state index in [0.29, 0.717) is 23.5 Å². The highest BCUT2D eigenvalue weighted by molar-refractivity contribution is 6.19. The van der Waals surface area contributed by atoms with Crippen LogP contribution < -0.4 is 4.74 Å². The van der Waals surface area contributed by atoms with Crippen LogP contribution >= 0.6 is 0 Å². The lowest BCUT2D eigenvalue weighted by Gasteiger charge is -2.27. The summed E-state index contributed by atoms with van der Waals surface area (Å²) in [6.45, 7) is 4.18. The van der Waals surface area contributed by atoms with E-state index < -0.39 is 11.8 Å². The van der Waals surface area contributed by atoms with Crippen LogP contribution in [0.15, 0.2) is 95.6 Å². The van der Waals surface area contributed by atoms with Crippen molar-refractivity contribution in [1.29, 1.82) is 5.26 Å². The number of hydrogen-bond donors (Lipinski definition) is 0. The Morgan fingerprint density at radius 1 is 0.853 bits per heavy atom. The summed E-state index contributed by atoms with van der Waals surface area (Å²) in [7, 11) is 0. The minimum atomic E-state index is -0.563. The van der Waals surface area contributed by atoms with Crippen molar-refractivity contribution in [1.82, 2.24) is 4.90 Å². The van der Waals surface area contributed by atoms with Crippen molar-refractivity contribution >= 4 is 17.9 Å². The van der Waals surface area contributed by atoms with Crippen LogP contribution in [-0.2, 0) is 22.7 Å². The Morgan fingerprint density at radius 3 is 2.18 bits per heavy atom. The first kappa shape index (κ1) is 22.8.